The summed E-state index contributed by atoms with van der Waals surface area (Å²) in [6.45, 7) is 0.543. The molecular weight excluding hydrogens is 410 g/mol. The number of nitrogens with zero attached hydrogens (tertiary/aromatic N) is 3. The molecule has 31 heavy (non-hydrogen) atoms. The lowest BCUT2D eigenvalue weighted by atomic mass is 9.82. The van der Waals surface area contributed by atoms with Crippen molar-refractivity contribution < 1.29 is 8.42 Å². The molecule has 160 valence electrons. The molecule has 0 atom stereocenters. The number of rotatable bonds is 6. The summed E-state index contributed by atoms with van der Waals surface area (Å²) < 4.78 is 30.3. The number of aromatic nitrogens is 4. The van der Waals surface area contributed by atoms with Crippen LogP contribution in [0.25, 0.3) is 11.0 Å². The van der Waals surface area contributed by atoms with E-state index in [-0.39, 0.29) is 10.9 Å². The minimum atomic E-state index is -3.59. The molecule has 0 saturated heterocycles. The minimum absolute atomic E-state index is 0.0537. The molecule has 2 N–H and O–H groups in total. The number of sulfonamides is 1. The smallest absolute Gasteiger partial charge is 0.243 e. The first-order valence-corrected chi connectivity index (χ1v) is 12.1. The zero-order chi connectivity index (χ0) is 21.3. The van der Waals surface area contributed by atoms with Gasteiger partial charge in [0.15, 0.2) is 0 Å². The third-order valence-corrected chi connectivity index (χ3v) is 7.55. The van der Waals surface area contributed by atoms with E-state index in [2.05, 4.69) is 25.9 Å². The van der Waals surface area contributed by atoms with Crippen LogP contribution in [0.3, 0.4) is 0 Å². The molecule has 0 amide bonds. The molecule has 3 heterocycles. The number of nitrogens with one attached hydrogen (secondary N) is 2. The second-order valence-corrected chi connectivity index (χ2v) is 9.89. The van der Waals surface area contributed by atoms with E-state index in [1.807, 2.05) is 42.6 Å². The van der Waals surface area contributed by atoms with E-state index >= 15 is 0 Å². The molecule has 1 aliphatic carbocycles. The highest BCUT2D eigenvalue weighted by Gasteiger charge is 2.28. The number of pyridine rings is 1. The van der Waals surface area contributed by atoms with Gasteiger partial charge in [-0.1, -0.05) is 30.3 Å². The van der Waals surface area contributed by atoms with E-state index < -0.39 is 10.0 Å². The van der Waals surface area contributed by atoms with Gasteiger partial charge in [-0.3, -0.25) is 4.68 Å². The molecule has 0 spiro atoms. The van der Waals surface area contributed by atoms with Gasteiger partial charge in [-0.2, -0.15) is 5.10 Å². The third-order valence-electron chi connectivity index (χ3n) is 6.08. The van der Waals surface area contributed by atoms with Crippen LogP contribution in [0.4, 0.5) is 0 Å². The Morgan fingerprint density at radius 2 is 1.87 bits per heavy atom. The van der Waals surface area contributed by atoms with Crippen molar-refractivity contribution >= 4 is 21.1 Å². The highest BCUT2D eigenvalue weighted by Crippen LogP contribution is 2.36. The third kappa shape index (κ3) is 4.26. The molecule has 0 unspecified atom stereocenters. The summed E-state index contributed by atoms with van der Waals surface area (Å²) in [7, 11) is -3.59. The first-order chi connectivity index (χ1) is 15.1. The second kappa shape index (κ2) is 8.28. The fourth-order valence-corrected chi connectivity index (χ4v) is 5.72. The van der Waals surface area contributed by atoms with Crippen molar-refractivity contribution in [1.29, 1.82) is 0 Å². The SMILES string of the molecule is O=S(=O)(N[C@H]1CC[C@H](c2c[nH]c3ncccc32)CC1)c1cnn(Cc2ccccc2)c1. The van der Waals surface area contributed by atoms with Crippen LogP contribution in [0, 0.1) is 0 Å². The lowest BCUT2D eigenvalue weighted by molar-refractivity contribution is 0.375. The summed E-state index contributed by atoms with van der Waals surface area (Å²) >= 11 is 0. The van der Waals surface area contributed by atoms with Crippen molar-refractivity contribution in [3.8, 4) is 0 Å². The van der Waals surface area contributed by atoms with Crippen LogP contribution < -0.4 is 4.72 Å². The Morgan fingerprint density at radius 1 is 1.06 bits per heavy atom. The van der Waals surface area contributed by atoms with Gasteiger partial charge in [-0.25, -0.2) is 18.1 Å². The van der Waals surface area contributed by atoms with Crippen molar-refractivity contribution in [2.75, 3.05) is 0 Å². The van der Waals surface area contributed by atoms with Crippen LogP contribution in [0.2, 0.25) is 0 Å². The van der Waals surface area contributed by atoms with E-state index in [9.17, 15) is 8.42 Å². The van der Waals surface area contributed by atoms with Crippen LogP contribution >= 0.6 is 0 Å². The maximum atomic E-state index is 12.9. The standard InChI is InChI=1S/C23H25N5O2S/c29-31(30,20-13-26-28(16-20)15-17-5-2-1-3-6-17)27-19-10-8-18(9-11-19)22-14-25-23-21(22)7-4-12-24-23/h1-7,12-14,16,18-19,27H,8-11,15H2,(H,24,25)/t18-,19-. The van der Waals surface area contributed by atoms with Crippen LogP contribution in [0.5, 0.6) is 0 Å². The van der Waals surface area contributed by atoms with Crippen molar-refractivity contribution in [2.45, 2.75) is 49.1 Å². The van der Waals surface area contributed by atoms with Gasteiger partial charge in [-0.15, -0.1) is 0 Å². The Labute approximate surface area is 181 Å². The first-order valence-electron chi connectivity index (χ1n) is 10.6. The zero-order valence-electron chi connectivity index (χ0n) is 17.1. The maximum absolute atomic E-state index is 12.9. The van der Waals surface area contributed by atoms with Crippen LogP contribution in [-0.2, 0) is 16.6 Å². The fraction of sp³-hybridized carbons (Fsp3) is 0.304. The van der Waals surface area contributed by atoms with Gasteiger partial charge in [-0.05, 0) is 54.9 Å². The van der Waals surface area contributed by atoms with Crippen molar-refractivity contribution in [3.63, 3.8) is 0 Å². The topological polar surface area (TPSA) is 92.7 Å². The average molecular weight is 436 g/mol. The van der Waals surface area contributed by atoms with Crippen LogP contribution in [0.15, 0.2) is 72.1 Å². The molecule has 1 fully saturated rings. The molecular formula is C23H25N5O2S. The van der Waals surface area contributed by atoms with Crippen molar-refractivity contribution in [3.05, 3.63) is 78.4 Å². The largest absolute Gasteiger partial charge is 0.346 e. The molecule has 0 bridgehead atoms. The Kier molecular flexibility index (Phi) is 5.33. The Hall–Kier alpha value is -2.97. The molecule has 4 aromatic rings. The van der Waals surface area contributed by atoms with Gasteiger partial charge in [0.1, 0.15) is 10.5 Å². The van der Waals surface area contributed by atoms with Gasteiger partial charge in [0.25, 0.3) is 0 Å². The molecule has 0 radical (unpaired) electrons. The lowest BCUT2D eigenvalue weighted by Gasteiger charge is -2.28. The van der Waals surface area contributed by atoms with Gasteiger partial charge >= 0.3 is 0 Å². The number of fused-ring (bicyclic) bond motifs is 1. The number of benzene rings is 1. The number of H-pyrrole nitrogens is 1. The predicted molar refractivity (Wildman–Crippen MR) is 119 cm³/mol. The molecule has 7 nitrogen and oxygen atoms in total. The number of hydrogen-bond acceptors (Lipinski definition) is 4. The first kappa shape index (κ1) is 20.0. The highest BCUT2D eigenvalue weighted by molar-refractivity contribution is 7.89. The molecule has 1 aliphatic rings. The van der Waals surface area contributed by atoms with E-state index in [0.29, 0.717) is 12.5 Å². The Morgan fingerprint density at radius 3 is 2.68 bits per heavy atom. The Balaban J connectivity index is 1.22. The van der Waals surface area contributed by atoms with Gasteiger partial charge in [0.05, 0.1) is 12.7 Å². The summed E-state index contributed by atoms with van der Waals surface area (Å²) in [4.78, 5) is 7.83. The summed E-state index contributed by atoms with van der Waals surface area (Å²) in [5, 5.41) is 5.40. The van der Waals surface area contributed by atoms with Crippen LogP contribution in [0.1, 0.15) is 42.7 Å². The fourth-order valence-electron chi connectivity index (χ4n) is 4.46. The quantitative estimate of drug-likeness (QED) is 0.482. The Bertz CT molecular complexity index is 1270. The van der Waals surface area contributed by atoms with Gasteiger partial charge in [0, 0.05) is 30.0 Å². The molecule has 8 heteroatoms. The average Bonchev–Trinajstić information content (AvgIpc) is 3.43. The van der Waals surface area contributed by atoms with E-state index in [1.54, 1.807) is 17.1 Å². The maximum Gasteiger partial charge on any atom is 0.243 e. The number of aromatic amines is 1. The molecule has 1 aromatic carbocycles. The molecule has 0 aliphatic heterocycles. The highest BCUT2D eigenvalue weighted by atomic mass is 32.2. The van der Waals surface area contributed by atoms with E-state index in [1.165, 1.54) is 11.8 Å². The van der Waals surface area contributed by atoms with E-state index in [0.717, 1.165) is 42.3 Å². The van der Waals surface area contributed by atoms with Gasteiger partial charge < -0.3 is 4.98 Å². The monoisotopic (exact) mass is 435 g/mol. The predicted octanol–water partition coefficient (Wildman–Crippen LogP) is 3.81. The zero-order valence-corrected chi connectivity index (χ0v) is 17.9. The van der Waals surface area contributed by atoms with E-state index in [4.69, 9.17) is 0 Å². The van der Waals surface area contributed by atoms with Crippen molar-refractivity contribution in [2.24, 2.45) is 0 Å². The summed E-state index contributed by atoms with van der Waals surface area (Å²) in [6.07, 6.45) is 10.4. The normalized spacial score (nSPS) is 19.6. The molecule has 3 aromatic heterocycles. The summed E-state index contributed by atoms with van der Waals surface area (Å²) in [5.41, 5.74) is 3.27. The summed E-state index contributed by atoms with van der Waals surface area (Å²) in [5.74, 6) is 0.423. The summed E-state index contributed by atoms with van der Waals surface area (Å²) in [6, 6.07) is 13.9. The lowest BCUT2D eigenvalue weighted by Crippen LogP contribution is -2.37. The molecule has 1 saturated carbocycles. The van der Waals surface area contributed by atoms with Crippen molar-refractivity contribution in [1.82, 2.24) is 24.5 Å². The molecule has 5 rings (SSSR count). The van der Waals surface area contributed by atoms with Crippen LogP contribution in [-0.4, -0.2) is 34.2 Å². The number of hydrogen-bond donors (Lipinski definition) is 2. The van der Waals surface area contributed by atoms with Gasteiger partial charge in [0.2, 0.25) is 10.0 Å². The second-order valence-electron chi connectivity index (χ2n) is 8.17. The minimum Gasteiger partial charge on any atom is -0.346 e.